The maximum absolute atomic E-state index is 13.0. The molecule has 6 nitrogen and oxygen atoms in total. The molecule has 0 spiro atoms. The van der Waals surface area contributed by atoms with Gasteiger partial charge in [-0.25, -0.2) is 4.39 Å². The van der Waals surface area contributed by atoms with E-state index in [1.807, 2.05) is 0 Å². The second-order valence-corrected chi connectivity index (χ2v) is 6.11. The number of amides is 2. The lowest BCUT2D eigenvalue weighted by molar-refractivity contribution is -0.135. The summed E-state index contributed by atoms with van der Waals surface area (Å²) in [4.78, 5) is 25.2. The largest absolute Gasteiger partial charge is 0.497 e. The summed E-state index contributed by atoms with van der Waals surface area (Å²) in [5.74, 6) is -0.485. The third-order valence-corrected chi connectivity index (χ3v) is 3.89. The highest BCUT2D eigenvalue weighted by Gasteiger charge is 2.36. The third-order valence-electron chi connectivity index (χ3n) is 3.89. The van der Waals surface area contributed by atoms with Crippen LogP contribution < -0.4 is 20.1 Å². The van der Waals surface area contributed by atoms with E-state index < -0.39 is 23.0 Å². The minimum atomic E-state index is -1.39. The van der Waals surface area contributed by atoms with E-state index in [4.69, 9.17) is 9.47 Å². The number of rotatable bonds is 6. The molecule has 2 aromatic carbocycles. The number of methoxy groups -OCH3 is 2. The minimum absolute atomic E-state index is 0.388. The first-order valence-electron chi connectivity index (χ1n) is 7.88. The number of ether oxygens (including phenoxy) is 2. The van der Waals surface area contributed by atoms with E-state index in [2.05, 4.69) is 10.6 Å². The van der Waals surface area contributed by atoms with Gasteiger partial charge in [0.05, 0.1) is 19.9 Å². The lowest BCUT2D eigenvalue weighted by atomic mass is 9.90. The highest BCUT2D eigenvalue weighted by atomic mass is 19.1. The summed E-state index contributed by atoms with van der Waals surface area (Å²) in [6.07, 6.45) is 0. The van der Waals surface area contributed by atoms with Crippen molar-refractivity contribution in [3.8, 4) is 11.5 Å². The first-order valence-corrected chi connectivity index (χ1v) is 7.88. The molecule has 2 N–H and O–H groups in total. The molecule has 0 aliphatic carbocycles. The molecule has 0 aromatic heterocycles. The van der Waals surface area contributed by atoms with Crippen LogP contribution in [0.3, 0.4) is 0 Å². The smallest absolute Gasteiger partial charge is 0.239 e. The topological polar surface area (TPSA) is 76.7 Å². The fraction of sp³-hybridized carbons (Fsp3) is 0.263. The lowest BCUT2D eigenvalue weighted by Gasteiger charge is -2.23. The number of hydrogen-bond donors (Lipinski definition) is 2. The molecule has 0 radical (unpaired) electrons. The van der Waals surface area contributed by atoms with E-state index in [-0.39, 0.29) is 0 Å². The molecule has 0 bridgehead atoms. The molecule has 0 aliphatic rings. The van der Waals surface area contributed by atoms with Crippen LogP contribution in [0.1, 0.15) is 13.8 Å². The summed E-state index contributed by atoms with van der Waals surface area (Å²) in [6.45, 7) is 2.99. The molecule has 0 saturated carbocycles. The van der Waals surface area contributed by atoms with Gasteiger partial charge >= 0.3 is 0 Å². The SMILES string of the molecule is COc1ccc(OC)c(NC(=O)C(C)(C)C(=O)Nc2ccc(F)cc2)c1. The van der Waals surface area contributed by atoms with Crippen molar-refractivity contribution in [2.75, 3.05) is 24.9 Å². The van der Waals surface area contributed by atoms with Gasteiger partial charge in [0.1, 0.15) is 22.7 Å². The molecular formula is C19H21FN2O4. The van der Waals surface area contributed by atoms with Crippen LogP contribution in [0.4, 0.5) is 15.8 Å². The van der Waals surface area contributed by atoms with Crippen molar-refractivity contribution in [2.24, 2.45) is 5.41 Å². The number of nitrogens with one attached hydrogen (secondary N) is 2. The van der Waals surface area contributed by atoms with Gasteiger partial charge in [0, 0.05) is 11.8 Å². The second kappa shape index (κ2) is 7.86. The molecule has 0 heterocycles. The lowest BCUT2D eigenvalue weighted by Crippen LogP contribution is -2.41. The van der Waals surface area contributed by atoms with Crippen LogP contribution in [0.2, 0.25) is 0 Å². The number of halogens is 1. The van der Waals surface area contributed by atoms with Gasteiger partial charge in [-0.3, -0.25) is 9.59 Å². The average molecular weight is 360 g/mol. The zero-order valence-electron chi connectivity index (χ0n) is 15.1. The number of benzene rings is 2. The first-order chi connectivity index (χ1) is 12.3. The van der Waals surface area contributed by atoms with Gasteiger partial charge in [0.2, 0.25) is 11.8 Å². The molecule has 2 aromatic rings. The van der Waals surface area contributed by atoms with E-state index in [9.17, 15) is 14.0 Å². The Hall–Kier alpha value is -3.09. The van der Waals surface area contributed by atoms with Crippen LogP contribution in [0.5, 0.6) is 11.5 Å². The van der Waals surface area contributed by atoms with Crippen molar-refractivity contribution in [3.05, 3.63) is 48.3 Å². The van der Waals surface area contributed by atoms with Crippen molar-refractivity contribution < 1.29 is 23.5 Å². The summed E-state index contributed by atoms with van der Waals surface area (Å²) in [7, 11) is 2.98. The van der Waals surface area contributed by atoms with E-state index in [0.717, 1.165) is 0 Å². The van der Waals surface area contributed by atoms with E-state index in [0.29, 0.717) is 22.9 Å². The van der Waals surface area contributed by atoms with Crippen LogP contribution >= 0.6 is 0 Å². The van der Waals surface area contributed by atoms with Gasteiger partial charge in [-0.1, -0.05) is 0 Å². The molecule has 0 fully saturated rings. The molecule has 26 heavy (non-hydrogen) atoms. The van der Waals surface area contributed by atoms with Gasteiger partial charge < -0.3 is 20.1 Å². The Morgan fingerprint density at radius 1 is 0.923 bits per heavy atom. The Balaban J connectivity index is 2.16. The van der Waals surface area contributed by atoms with Gasteiger partial charge in [0.15, 0.2) is 0 Å². The van der Waals surface area contributed by atoms with Crippen molar-refractivity contribution in [1.29, 1.82) is 0 Å². The third kappa shape index (κ3) is 4.30. The molecule has 2 rings (SSSR count). The number of carbonyl (C=O) groups excluding carboxylic acids is 2. The Labute approximate surface area is 151 Å². The minimum Gasteiger partial charge on any atom is -0.497 e. The van der Waals surface area contributed by atoms with Crippen molar-refractivity contribution in [1.82, 2.24) is 0 Å². The molecule has 0 atom stereocenters. The summed E-state index contributed by atoms with van der Waals surface area (Å²) in [5, 5.41) is 5.29. The van der Waals surface area contributed by atoms with E-state index in [1.54, 1.807) is 18.2 Å². The van der Waals surface area contributed by atoms with Crippen LogP contribution in [0.25, 0.3) is 0 Å². The predicted molar refractivity (Wildman–Crippen MR) is 97.0 cm³/mol. The molecule has 138 valence electrons. The summed E-state index contributed by atoms with van der Waals surface area (Å²) >= 11 is 0. The monoisotopic (exact) mass is 360 g/mol. The summed E-state index contributed by atoms with van der Waals surface area (Å²) in [6, 6.07) is 10.2. The molecule has 7 heteroatoms. The standard InChI is InChI=1S/C19H21FN2O4/c1-19(2,17(23)21-13-7-5-12(20)6-8-13)18(24)22-15-11-14(25-3)9-10-16(15)26-4/h5-11H,1-4H3,(H,21,23)(H,22,24). The average Bonchev–Trinajstić information content (AvgIpc) is 2.63. The van der Waals surface area contributed by atoms with Crippen LogP contribution in [0.15, 0.2) is 42.5 Å². The number of hydrogen-bond acceptors (Lipinski definition) is 4. The molecule has 0 unspecified atom stereocenters. The number of anilines is 2. The van der Waals surface area contributed by atoms with Gasteiger partial charge in [-0.15, -0.1) is 0 Å². The number of carbonyl (C=O) groups is 2. The zero-order valence-corrected chi connectivity index (χ0v) is 15.1. The Kier molecular flexibility index (Phi) is 5.82. The maximum Gasteiger partial charge on any atom is 0.239 e. The molecule has 0 aliphatic heterocycles. The van der Waals surface area contributed by atoms with Gasteiger partial charge in [0.25, 0.3) is 0 Å². The van der Waals surface area contributed by atoms with Crippen molar-refractivity contribution >= 4 is 23.2 Å². The Morgan fingerprint density at radius 2 is 1.54 bits per heavy atom. The van der Waals surface area contributed by atoms with Crippen molar-refractivity contribution in [3.63, 3.8) is 0 Å². The van der Waals surface area contributed by atoms with E-state index in [1.165, 1.54) is 52.3 Å². The molecular weight excluding hydrogens is 339 g/mol. The first kappa shape index (κ1) is 19.2. The Morgan fingerprint density at radius 3 is 2.12 bits per heavy atom. The Bertz CT molecular complexity index is 804. The van der Waals surface area contributed by atoms with Crippen LogP contribution in [-0.4, -0.2) is 26.0 Å². The molecule has 0 saturated heterocycles. The van der Waals surface area contributed by atoms with Crippen LogP contribution in [0, 0.1) is 11.2 Å². The van der Waals surface area contributed by atoms with Crippen molar-refractivity contribution in [2.45, 2.75) is 13.8 Å². The fourth-order valence-corrected chi connectivity index (χ4v) is 2.11. The highest BCUT2D eigenvalue weighted by molar-refractivity contribution is 6.14. The quantitative estimate of drug-likeness (QED) is 0.774. The normalized spacial score (nSPS) is 10.8. The maximum atomic E-state index is 13.0. The predicted octanol–water partition coefficient (Wildman–Crippen LogP) is 3.45. The fourth-order valence-electron chi connectivity index (χ4n) is 2.11. The van der Waals surface area contributed by atoms with E-state index >= 15 is 0 Å². The summed E-state index contributed by atoms with van der Waals surface area (Å²) < 4.78 is 23.3. The molecule has 2 amide bonds. The van der Waals surface area contributed by atoms with Gasteiger partial charge in [-0.05, 0) is 50.2 Å². The van der Waals surface area contributed by atoms with Gasteiger partial charge in [-0.2, -0.15) is 0 Å². The second-order valence-electron chi connectivity index (χ2n) is 6.11. The highest BCUT2D eigenvalue weighted by Crippen LogP contribution is 2.31. The zero-order chi connectivity index (χ0) is 19.3. The van der Waals surface area contributed by atoms with Crippen LogP contribution in [-0.2, 0) is 9.59 Å². The summed E-state index contributed by atoms with van der Waals surface area (Å²) in [5.41, 5.74) is -0.599.